The fourth-order valence-electron chi connectivity index (χ4n) is 7.98. The van der Waals surface area contributed by atoms with Crippen molar-refractivity contribution in [3.8, 4) is 11.5 Å². The van der Waals surface area contributed by atoms with E-state index in [1.165, 1.54) is 37.1 Å². The molecule has 0 unspecified atom stereocenters. The first-order chi connectivity index (χ1) is 21.1. The standard InChI is InChI=1S/C34H29F2NO7/c35-29-19(14-26(39)40)3-6-22-21(29)7-4-20(30(22)36)15-27(41)43-24-8-5-18-13-25-34(42)10-9-23(38)32-33(34,28(18)31(24)44-32)11-12-37(25)16-17-1-2-17/h3-8,11-12,17,25,32,42H,1-2,9-10,13-16H2,(H,39,40)/t25-,32+,33+,34-/m1/s1. The van der Waals surface area contributed by atoms with E-state index in [-0.39, 0.29) is 51.6 Å². The van der Waals surface area contributed by atoms with Gasteiger partial charge in [0, 0.05) is 29.3 Å². The maximum absolute atomic E-state index is 15.4. The number of aliphatic carboxylic acids is 1. The van der Waals surface area contributed by atoms with E-state index in [2.05, 4.69) is 4.90 Å². The van der Waals surface area contributed by atoms with E-state index in [1.807, 2.05) is 18.3 Å². The summed E-state index contributed by atoms with van der Waals surface area (Å²) < 4.78 is 42.3. The summed E-state index contributed by atoms with van der Waals surface area (Å²) in [6.07, 6.45) is 5.36. The summed E-state index contributed by atoms with van der Waals surface area (Å²) in [7, 11) is 0. The topological polar surface area (TPSA) is 113 Å². The molecule has 3 aromatic rings. The number of halogens is 2. The Kier molecular flexibility index (Phi) is 5.79. The highest BCUT2D eigenvalue weighted by molar-refractivity contribution is 5.91. The average Bonchev–Trinajstić information content (AvgIpc) is 3.72. The van der Waals surface area contributed by atoms with Gasteiger partial charge in [-0.25, -0.2) is 8.78 Å². The van der Waals surface area contributed by atoms with Crippen LogP contribution in [0.5, 0.6) is 11.5 Å². The summed E-state index contributed by atoms with van der Waals surface area (Å²) >= 11 is 0. The second-order valence-electron chi connectivity index (χ2n) is 12.8. The molecule has 0 aromatic heterocycles. The van der Waals surface area contributed by atoms with Crippen LogP contribution in [0, 0.1) is 17.6 Å². The van der Waals surface area contributed by atoms with Crippen LogP contribution in [0.2, 0.25) is 0 Å². The number of fused-ring (bicyclic) bond motifs is 1. The lowest BCUT2D eigenvalue weighted by Gasteiger charge is -2.60. The number of hydrogen-bond donors (Lipinski definition) is 2. The Morgan fingerprint density at radius 3 is 2.41 bits per heavy atom. The Balaban J connectivity index is 1.11. The Morgan fingerprint density at radius 1 is 1.02 bits per heavy atom. The first-order valence-electron chi connectivity index (χ1n) is 14.9. The zero-order valence-corrected chi connectivity index (χ0v) is 23.6. The average molecular weight is 602 g/mol. The van der Waals surface area contributed by atoms with Crippen LogP contribution in [-0.4, -0.2) is 57.1 Å². The summed E-state index contributed by atoms with van der Waals surface area (Å²) in [6, 6.07) is 8.38. The molecule has 2 N–H and O–H groups in total. The minimum Gasteiger partial charge on any atom is -0.481 e. The van der Waals surface area contributed by atoms with Crippen molar-refractivity contribution in [2.45, 2.75) is 68.1 Å². The number of Topliss-reactive ketones (excluding diaryl/α,β-unsaturated/α-hetero) is 1. The van der Waals surface area contributed by atoms with Crippen molar-refractivity contribution < 1.29 is 42.9 Å². The fourth-order valence-corrected chi connectivity index (χ4v) is 7.98. The zero-order valence-electron chi connectivity index (χ0n) is 23.6. The number of hydrogen-bond acceptors (Lipinski definition) is 7. The molecule has 2 saturated carbocycles. The van der Waals surface area contributed by atoms with Gasteiger partial charge in [-0.15, -0.1) is 0 Å². The Bertz CT molecular complexity index is 1830. The second-order valence-corrected chi connectivity index (χ2v) is 12.8. The number of benzene rings is 3. The summed E-state index contributed by atoms with van der Waals surface area (Å²) in [4.78, 5) is 39.7. The van der Waals surface area contributed by atoms with Gasteiger partial charge in [-0.1, -0.05) is 36.4 Å². The number of carbonyl (C=O) groups excluding carboxylic acids is 2. The number of aliphatic hydroxyl groups is 1. The predicted octanol–water partition coefficient (Wildman–Crippen LogP) is 4.15. The lowest BCUT2D eigenvalue weighted by atomic mass is 9.50. The number of carboxylic acids is 1. The molecule has 2 heterocycles. The van der Waals surface area contributed by atoms with E-state index in [0.29, 0.717) is 24.3 Å². The SMILES string of the molecule is O=C(O)Cc1ccc2c(F)c(CC(=O)Oc3ccc4c5c3O[C@H]3C(=O)CC[C@@]6(O)[C@@H](C4)N(CC4CC4)C=C[C@]536)ccc2c1F. The quantitative estimate of drug-likeness (QED) is 0.307. The number of carboxylic acid groups (broad SMARTS) is 1. The molecule has 2 aliphatic heterocycles. The predicted molar refractivity (Wildman–Crippen MR) is 152 cm³/mol. The molecule has 226 valence electrons. The Morgan fingerprint density at radius 2 is 1.73 bits per heavy atom. The van der Waals surface area contributed by atoms with Crippen LogP contribution in [0.1, 0.15) is 47.9 Å². The fraction of sp³-hybridized carbons (Fsp3) is 0.382. The molecule has 1 spiro atoms. The van der Waals surface area contributed by atoms with Gasteiger partial charge < -0.3 is 24.6 Å². The van der Waals surface area contributed by atoms with Crippen molar-refractivity contribution >= 4 is 28.5 Å². The molecule has 5 aliphatic rings. The highest BCUT2D eigenvalue weighted by atomic mass is 19.1. The van der Waals surface area contributed by atoms with Crippen molar-refractivity contribution in [3.05, 3.63) is 82.6 Å². The van der Waals surface area contributed by atoms with Gasteiger partial charge in [0.05, 0.1) is 24.3 Å². The molecular formula is C34H29F2NO7. The third-order valence-electron chi connectivity index (χ3n) is 10.2. The third kappa shape index (κ3) is 3.73. The molecule has 0 radical (unpaired) electrons. The minimum atomic E-state index is -1.23. The first kappa shape index (κ1) is 27.3. The van der Waals surface area contributed by atoms with Gasteiger partial charge in [-0.3, -0.25) is 14.4 Å². The van der Waals surface area contributed by atoms with Crippen molar-refractivity contribution in [3.63, 3.8) is 0 Å². The van der Waals surface area contributed by atoms with Crippen molar-refractivity contribution in [2.24, 2.45) is 5.92 Å². The van der Waals surface area contributed by atoms with Crippen LogP contribution in [-0.2, 0) is 39.1 Å². The first-order valence-corrected chi connectivity index (χ1v) is 14.9. The van der Waals surface area contributed by atoms with Crippen LogP contribution < -0.4 is 9.47 Å². The molecule has 8 rings (SSSR count). The molecule has 2 fully saturated rings. The van der Waals surface area contributed by atoms with Gasteiger partial charge in [0.1, 0.15) is 17.2 Å². The smallest absolute Gasteiger partial charge is 0.315 e. The van der Waals surface area contributed by atoms with Crippen LogP contribution in [0.15, 0.2) is 48.7 Å². The van der Waals surface area contributed by atoms with Gasteiger partial charge in [-0.05, 0) is 60.6 Å². The largest absolute Gasteiger partial charge is 0.481 e. The number of ketones is 1. The van der Waals surface area contributed by atoms with Crippen molar-refractivity contribution in [1.82, 2.24) is 4.90 Å². The third-order valence-corrected chi connectivity index (χ3v) is 10.2. The highest BCUT2D eigenvalue weighted by Gasteiger charge is 2.72. The minimum absolute atomic E-state index is 0.0196. The highest BCUT2D eigenvalue weighted by Crippen LogP contribution is 2.64. The van der Waals surface area contributed by atoms with Crippen molar-refractivity contribution in [1.29, 1.82) is 0 Å². The zero-order chi connectivity index (χ0) is 30.5. The lowest BCUT2D eigenvalue weighted by Crippen LogP contribution is -2.73. The molecule has 44 heavy (non-hydrogen) atoms. The molecule has 3 aliphatic carbocycles. The number of rotatable bonds is 7. The Hall–Kier alpha value is -4.31. The van der Waals surface area contributed by atoms with E-state index >= 15 is 4.39 Å². The van der Waals surface area contributed by atoms with Gasteiger partial charge >= 0.3 is 11.9 Å². The maximum Gasteiger partial charge on any atom is 0.315 e. The normalized spacial score (nSPS) is 27.7. The molecule has 0 amide bonds. The van der Waals surface area contributed by atoms with E-state index < -0.39 is 53.5 Å². The maximum atomic E-state index is 15.4. The monoisotopic (exact) mass is 601 g/mol. The Labute approximate surface area is 250 Å². The van der Waals surface area contributed by atoms with Crippen LogP contribution in [0.25, 0.3) is 10.8 Å². The number of esters is 1. The van der Waals surface area contributed by atoms with Gasteiger partial charge in [0.2, 0.25) is 0 Å². The molecular weight excluding hydrogens is 572 g/mol. The van der Waals surface area contributed by atoms with Crippen LogP contribution in [0.4, 0.5) is 8.78 Å². The molecule has 8 nitrogen and oxygen atoms in total. The molecule has 0 saturated heterocycles. The number of carbonyl (C=O) groups is 3. The molecule has 10 heteroatoms. The molecule has 2 bridgehead atoms. The van der Waals surface area contributed by atoms with Crippen LogP contribution >= 0.6 is 0 Å². The van der Waals surface area contributed by atoms with Crippen molar-refractivity contribution in [2.75, 3.05) is 6.54 Å². The number of ether oxygens (including phenoxy) is 2. The van der Waals surface area contributed by atoms with E-state index in [0.717, 1.165) is 12.1 Å². The lowest BCUT2D eigenvalue weighted by molar-refractivity contribution is -0.161. The van der Waals surface area contributed by atoms with Gasteiger partial charge in [-0.2, -0.15) is 0 Å². The summed E-state index contributed by atoms with van der Waals surface area (Å²) in [5.41, 5.74) is -0.805. The summed E-state index contributed by atoms with van der Waals surface area (Å²) in [5, 5.41) is 21.2. The summed E-state index contributed by atoms with van der Waals surface area (Å²) in [5.74, 6) is -2.79. The van der Waals surface area contributed by atoms with E-state index in [1.54, 1.807) is 6.07 Å². The molecule has 4 atom stereocenters. The van der Waals surface area contributed by atoms with Crippen LogP contribution in [0.3, 0.4) is 0 Å². The van der Waals surface area contributed by atoms with Gasteiger partial charge in [0.25, 0.3) is 0 Å². The van der Waals surface area contributed by atoms with Gasteiger partial charge in [0.15, 0.2) is 23.4 Å². The molecule has 3 aromatic carbocycles. The second kappa shape index (κ2) is 9.34. The summed E-state index contributed by atoms with van der Waals surface area (Å²) in [6.45, 7) is 0.860. The number of nitrogens with zero attached hydrogens (tertiary/aromatic N) is 1. The van der Waals surface area contributed by atoms with E-state index in [9.17, 15) is 23.9 Å². The van der Waals surface area contributed by atoms with E-state index in [4.69, 9.17) is 14.6 Å².